The van der Waals surface area contributed by atoms with E-state index in [1.165, 1.54) is 5.56 Å². The average Bonchev–Trinajstić information content (AvgIpc) is 2.58. The van der Waals surface area contributed by atoms with E-state index in [0.717, 1.165) is 17.7 Å². The molecule has 0 atom stereocenters. The monoisotopic (exact) mass is 328 g/mol. The first-order valence-electron chi connectivity index (χ1n) is 8.21. The standard InChI is InChI=1S/C19H24N2O3/c1-4-14-6-8-15(9-7-14)16-12-13(3)20-18(17(16)19(23)24)21(5-2)10-11-22/h6-9,12,22H,4-5,10-11H2,1-3H3,(H,23,24). The average molecular weight is 328 g/mol. The Hall–Kier alpha value is -2.40. The Morgan fingerprint density at radius 3 is 2.38 bits per heavy atom. The molecule has 5 heteroatoms. The zero-order chi connectivity index (χ0) is 17.7. The maximum Gasteiger partial charge on any atom is 0.340 e. The molecule has 0 bridgehead atoms. The van der Waals surface area contributed by atoms with Gasteiger partial charge in [0.15, 0.2) is 0 Å². The third kappa shape index (κ3) is 3.74. The van der Waals surface area contributed by atoms with Gasteiger partial charge in [0.25, 0.3) is 0 Å². The van der Waals surface area contributed by atoms with Crippen molar-refractivity contribution in [1.82, 2.24) is 4.98 Å². The van der Waals surface area contributed by atoms with Crippen LogP contribution in [0, 0.1) is 6.92 Å². The first-order valence-corrected chi connectivity index (χ1v) is 8.21. The Kier molecular flexibility index (Phi) is 5.93. The number of benzene rings is 1. The van der Waals surface area contributed by atoms with Crippen molar-refractivity contribution in [1.29, 1.82) is 0 Å². The van der Waals surface area contributed by atoms with Crippen LogP contribution in [0.2, 0.25) is 0 Å². The van der Waals surface area contributed by atoms with E-state index >= 15 is 0 Å². The molecule has 0 saturated carbocycles. The van der Waals surface area contributed by atoms with Gasteiger partial charge in [0.2, 0.25) is 0 Å². The van der Waals surface area contributed by atoms with Crippen LogP contribution in [0.4, 0.5) is 5.82 Å². The summed E-state index contributed by atoms with van der Waals surface area (Å²) in [5, 5.41) is 19.0. The Bertz CT molecular complexity index is 711. The zero-order valence-corrected chi connectivity index (χ0v) is 14.4. The number of pyridine rings is 1. The van der Waals surface area contributed by atoms with E-state index in [-0.39, 0.29) is 12.2 Å². The summed E-state index contributed by atoms with van der Waals surface area (Å²) >= 11 is 0. The predicted molar refractivity (Wildman–Crippen MR) is 95.7 cm³/mol. The summed E-state index contributed by atoms with van der Waals surface area (Å²) in [6, 6.07) is 9.74. The molecular formula is C19H24N2O3. The molecular weight excluding hydrogens is 304 g/mol. The van der Waals surface area contributed by atoms with Crippen LogP contribution in [0.25, 0.3) is 11.1 Å². The van der Waals surface area contributed by atoms with E-state index < -0.39 is 5.97 Å². The van der Waals surface area contributed by atoms with Crippen LogP contribution in [0.15, 0.2) is 30.3 Å². The minimum absolute atomic E-state index is 0.0525. The normalized spacial score (nSPS) is 10.7. The van der Waals surface area contributed by atoms with Gasteiger partial charge in [-0.15, -0.1) is 0 Å². The van der Waals surface area contributed by atoms with Gasteiger partial charge in [-0.25, -0.2) is 9.78 Å². The fourth-order valence-electron chi connectivity index (χ4n) is 2.78. The van der Waals surface area contributed by atoms with Crippen LogP contribution in [0.5, 0.6) is 0 Å². The molecule has 24 heavy (non-hydrogen) atoms. The molecule has 0 aliphatic rings. The third-order valence-corrected chi connectivity index (χ3v) is 4.07. The second-order valence-corrected chi connectivity index (χ2v) is 5.67. The highest BCUT2D eigenvalue weighted by molar-refractivity contribution is 6.01. The summed E-state index contributed by atoms with van der Waals surface area (Å²) in [5.41, 5.74) is 3.65. The van der Waals surface area contributed by atoms with Crippen LogP contribution in [-0.4, -0.2) is 40.9 Å². The quantitative estimate of drug-likeness (QED) is 0.817. The Labute approximate surface area is 142 Å². The van der Waals surface area contributed by atoms with Crippen molar-refractivity contribution >= 4 is 11.8 Å². The van der Waals surface area contributed by atoms with E-state index in [1.54, 1.807) is 11.0 Å². The first-order chi connectivity index (χ1) is 11.5. The number of aromatic nitrogens is 1. The first kappa shape index (κ1) is 17.9. The molecule has 1 heterocycles. The largest absolute Gasteiger partial charge is 0.478 e. The lowest BCUT2D eigenvalue weighted by atomic mass is 9.98. The number of likely N-dealkylation sites (N-methyl/N-ethyl adjacent to an activating group) is 1. The number of aliphatic hydroxyl groups excluding tert-OH is 1. The Morgan fingerprint density at radius 2 is 1.88 bits per heavy atom. The van der Waals surface area contributed by atoms with E-state index in [1.807, 2.05) is 38.1 Å². The SMILES string of the molecule is CCc1ccc(-c2cc(C)nc(N(CC)CCO)c2C(=O)O)cc1. The molecule has 1 aromatic carbocycles. The van der Waals surface area contributed by atoms with Gasteiger partial charge in [0.1, 0.15) is 11.4 Å². The van der Waals surface area contributed by atoms with Crippen LogP contribution >= 0.6 is 0 Å². The van der Waals surface area contributed by atoms with Crippen LogP contribution < -0.4 is 4.90 Å². The van der Waals surface area contributed by atoms with Gasteiger partial charge in [-0.3, -0.25) is 0 Å². The summed E-state index contributed by atoms with van der Waals surface area (Å²) in [7, 11) is 0. The number of carboxylic acid groups (broad SMARTS) is 1. The molecule has 0 radical (unpaired) electrons. The lowest BCUT2D eigenvalue weighted by molar-refractivity contribution is 0.0698. The van der Waals surface area contributed by atoms with Crippen molar-refractivity contribution in [3.63, 3.8) is 0 Å². The van der Waals surface area contributed by atoms with Crippen LogP contribution in [0.1, 0.15) is 35.5 Å². The topological polar surface area (TPSA) is 73.7 Å². The van der Waals surface area contributed by atoms with Crippen molar-refractivity contribution in [3.05, 3.63) is 47.2 Å². The molecule has 2 aromatic rings. The lowest BCUT2D eigenvalue weighted by Gasteiger charge is -2.24. The maximum atomic E-state index is 11.9. The van der Waals surface area contributed by atoms with Crippen molar-refractivity contribution in [2.45, 2.75) is 27.2 Å². The summed E-state index contributed by atoms with van der Waals surface area (Å²) < 4.78 is 0. The van der Waals surface area contributed by atoms with Crippen molar-refractivity contribution in [2.75, 3.05) is 24.6 Å². The molecule has 0 saturated heterocycles. The Balaban J connectivity index is 2.65. The van der Waals surface area contributed by atoms with Crippen molar-refractivity contribution < 1.29 is 15.0 Å². The van der Waals surface area contributed by atoms with Gasteiger partial charge in [-0.1, -0.05) is 31.2 Å². The minimum Gasteiger partial charge on any atom is -0.478 e. The predicted octanol–water partition coefficient (Wildman–Crippen LogP) is 3.14. The van der Waals surface area contributed by atoms with Gasteiger partial charge in [-0.2, -0.15) is 0 Å². The summed E-state index contributed by atoms with van der Waals surface area (Å²) in [5.74, 6) is -0.600. The van der Waals surface area contributed by atoms with Crippen LogP contribution in [-0.2, 0) is 6.42 Å². The second kappa shape index (κ2) is 7.93. The highest BCUT2D eigenvalue weighted by atomic mass is 16.4. The number of aromatic carboxylic acids is 1. The highest BCUT2D eigenvalue weighted by Crippen LogP contribution is 2.31. The van der Waals surface area contributed by atoms with Gasteiger partial charge < -0.3 is 15.1 Å². The zero-order valence-electron chi connectivity index (χ0n) is 14.4. The summed E-state index contributed by atoms with van der Waals surface area (Å²) in [6.07, 6.45) is 0.937. The number of carbonyl (C=O) groups is 1. The lowest BCUT2D eigenvalue weighted by Crippen LogP contribution is -2.29. The van der Waals surface area contributed by atoms with Crippen molar-refractivity contribution in [2.24, 2.45) is 0 Å². The number of aliphatic hydroxyl groups is 1. The van der Waals surface area contributed by atoms with Gasteiger partial charge in [0.05, 0.1) is 6.61 Å². The molecule has 0 fully saturated rings. The van der Waals surface area contributed by atoms with E-state index in [0.29, 0.717) is 24.5 Å². The van der Waals surface area contributed by atoms with Gasteiger partial charge in [-0.05, 0) is 37.5 Å². The third-order valence-electron chi connectivity index (χ3n) is 4.07. The molecule has 1 aromatic heterocycles. The van der Waals surface area contributed by atoms with E-state index in [9.17, 15) is 15.0 Å². The van der Waals surface area contributed by atoms with Crippen LogP contribution in [0.3, 0.4) is 0 Å². The molecule has 2 rings (SSSR count). The van der Waals surface area contributed by atoms with Gasteiger partial charge in [0, 0.05) is 24.3 Å². The number of anilines is 1. The molecule has 2 N–H and O–H groups in total. The molecule has 0 spiro atoms. The molecule has 5 nitrogen and oxygen atoms in total. The van der Waals surface area contributed by atoms with E-state index in [4.69, 9.17) is 0 Å². The second-order valence-electron chi connectivity index (χ2n) is 5.67. The maximum absolute atomic E-state index is 11.9. The molecule has 0 amide bonds. The molecule has 128 valence electrons. The highest BCUT2D eigenvalue weighted by Gasteiger charge is 2.22. The fourth-order valence-corrected chi connectivity index (χ4v) is 2.78. The summed E-state index contributed by atoms with van der Waals surface area (Å²) in [4.78, 5) is 18.2. The summed E-state index contributed by atoms with van der Waals surface area (Å²) in [6.45, 7) is 6.73. The Morgan fingerprint density at radius 1 is 1.21 bits per heavy atom. The van der Waals surface area contributed by atoms with Gasteiger partial charge >= 0.3 is 5.97 Å². The molecule has 0 unspecified atom stereocenters. The molecule has 0 aliphatic carbocycles. The number of rotatable bonds is 7. The number of hydrogen-bond donors (Lipinski definition) is 2. The molecule has 0 aliphatic heterocycles. The van der Waals surface area contributed by atoms with E-state index in [2.05, 4.69) is 11.9 Å². The number of aryl methyl sites for hydroxylation is 2. The van der Waals surface area contributed by atoms with Crippen molar-refractivity contribution in [3.8, 4) is 11.1 Å². The fraction of sp³-hybridized carbons (Fsp3) is 0.368. The smallest absolute Gasteiger partial charge is 0.340 e. The number of carboxylic acids is 1. The minimum atomic E-state index is -1.01. The number of nitrogens with zero attached hydrogens (tertiary/aromatic N) is 2. The number of hydrogen-bond acceptors (Lipinski definition) is 4.